The monoisotopic (exact) mass is 314 g/mol. The van der Waals surface area contributed by atoms with Crippen LogP contribution in [0, 0.1) is 0 Å². The van der Waals surface area contributed by atoms with Gasteiger partial charge >= 0.3 is 5.97 Å². The van der Waals surface area contributed by atoms with Crippen molar-refractivity contribution in [3.8, 4) is 0 Å². The molecule has 0 aromatic heterocycles. The Labute approximate surface area is 134 Å². The molecule has 0 amide bonds. The molecule has 0 atom stereocenters. The van der Waals surface area contributed by atoms with Crippen molar-refractivity contribution < 1.29 is 9.53 Å². The number of nitrogens with one attached hydrogen (secondary N) is 1. The summed E-state index contributed by atoms with van der Waals surface area (Å²) in [6, 6.07) is 7.50. The number of amidine groups is 1. The molecule has 1 N–H and O–H groups in total. The van der Waals surface area contributed by atoms with Gasteiger partial charge in [-0.2, -0.15) is 0 Å². The third kappa shape index (κ3) is 3.42. The van der Waals surface area contributed by atoms with E-state index in [-0.39, 0.29) is 5.97 Å². The number of hydrogen-bond acceptors (Lipinski definition) is 5. The highest BCUT2D eigenvalue weighted by molar-refractivity contribution is 8.13. The molecule has 5 heteroatoms. The lowest BCUT2D eigenvalue weighted by Gasteiger charge is -2.22. The summed E-state index contributed by atoms with van der Waals surface area (Å²) in [5.74, 6) is 0.522. The summed E-state index contributed by atoms with van der Waals surface area (Å²) in [5.41, 5.74) is 4.35. The van der Waals surface area contributed by atoms with Crippen LogP contribution in [-0.4, -0.2) is 24.8 Å². The molecular formula is C17H18N2O2S. The Morgan fingerprint density at radius 2 is 2.18 bits per heavy atom. The van der Waals surface area contributed by atoms with Gasteiger partial charge in [-0.05, 0) is 36.1 Å². The van der Waals surface area contributed by atoms with E-state index < -0.39 is 0 Å². The molecular weight excluding hydrogens is 296 g/mol. The first-order valence-electron chi connectivity index (χ1n) is 7.26. The number of thioether (sulfide) groups is 1. The number of ether oxygens (including phenoxy) is 1. The maximum atomic E-state index is 11.4. The highest BCUT2D eigenvalue weighted by atomic mass is 32.2. The Hall–Kier alpha value is -2.01. The van der Waals surface area contributed by atoms with E-state index in [0.717, 1.165) is 35.9 Å². The molecule has 0 unspecified atom stereocenters. The molecule has 4 nitrogen and oxygen atoms in total. The molecule has 0 saturated heterocycles. The van der Waals surface area contributed by atoms with Gasteiger partial charge in [0.2, 0.25) is 0 Å². The van der Waals surface area contributed by atoms with Gasteiger partial charge in [0.1, 0.15) is 0 Å². The fourth-order valence-electron chi connectivity index (χ4n) is 2.42. The minimum Gasteiger partial charge on any atom is -0.465 e. The van der Waals surface area contributed by atoms with Crippen molar-refractivity contribution in [2.75, 3.05) is 13.7 Å². The van der Waals surface area contributed by atoms with Crippen LogP contribution < -0.4 is 5.32 Å². The van der Waals surface area contributed by atoms with Crippen LogP contribution in [0.5, 0.6) is 0 Å². The van der Waals surface area contributed by atoms with Crippen LogP contribution in [0.15, 0.2) is 52.7 Å². The minimum atomic E-state index is -0.303. The van der Waals surface area contributed by atoms with E-state index in [1.807, 2.05) is 12.1 Å². The van der Waals surface area contributed by atoms with E-state index >= 15 is 0 Å². The summed E-state index contributed by atoms with van der Waals surface area (Å²) < 4.78 is 4.70. The van der Waals surface area contributed by atoms with E-state index in [4.69, 9.17) is 4.74 Å². The molecule has 1 aliphatic heterocycles. The number of benzene rings is 1. The van der Waals surface area contributed by atoms with Gasteiger partial charge in [-0.1, -0.05) is 36.0 Å². The number of rotatable bonds is 3. The normalized spacial score (nSPS) is 16.7. The fourth-order valence-corrected chi connectivity index (χ4v) is 3.27. The predicted molar refractivity (Wildman–Crippen MR) is 89.9 cm³/mol. The molecule has 0 fully saturated rings. The molecule has 3 rings (SSSR count). The lowest BCUT2D eigenvalue weighted by atomic mass is 10.0. The second kappa shape index (κ2) is 6.83. The van der Waals surface area contributed by atoms with Crippen LogP contribution in [-0.2, 0) is 10.5 Å². The van der Waals surface area contributed by atoms with Crippen molar-refractivity contribution in [3.63, 3.8) is 0 Å². The number of allylic oxidation sites excluding steroid dienone is 2. The molecule has 1 aromatic rings. The summed E-state index contributed by atoms with van der Waals surface area (Å²) >= 11 is 1.69. The van der Waals surface area contributed by atoms with Gasteiger partial charge in [0.25, 0.3) is 0 Å². The van der Waals surface area contributed by atoms with E-state index in [1.54, 1.807) is 23.9 Å². The highest BCUT2D eigenvalue weighted by Gasteiger charge is 2.15. The van der Waals surface area contributed by atoms with Gasteiger partial charge in [0, 0.05) is 11.4 Å². The van der Waals surface area contributed by atoms with Crippen molar-refractivity contribution in [2.45, 2.75) is 18.6 Å². The minimum absolute atomic E-state index is 0.303. The molecule has 1 aliphatic carbocycles. The van der Waals surface area contributed by atoms with Gasteiger partial charge in [0.05, 0.1) is 19.2 Å². The Bertz CT molecular complexity index is 660. The Balaban J connectivity index is 1.56. The van der Waals surface area contributed by atoms with Gasteiger partial charge < -0.3 is 10.1 Å². The number of esters is 1. The topological polar surface area (TPSA) is 50.7 Å². The van der Waals surface area contributed by atoms with Crippen LogP contribution in [0.2, 0.25) is 0 Å². The summed E-state index contributed by atoms with van der Waals surface area (Å²) in [6.45, 7) is 0.766. The molecule has 1 aromatic carbocycles. The lowest BCUT2D eigenvalue weighted by molar-refractivity contribution is 0.0600. The number of hydrogen-bond donors (Lipinski definition) is 1. The van der Waals surface area contributed by atoms with Crippen molar-refractivity contribution in [3.05, 3.63) is 58.8 Å². The van der Waals surface area contributed by atoms with Gasteiger partial charge in [-0.25, -0.2) is 4.79 Å². The molecule has 0 saturated carbocycles. The number of carbonyl (C=O) groups excluding carboxylic acids is 1. The van der Waals surface area contributed by atoms with Crippen LogP contribution in [0.25, 0.3) is 0 Å². The van der Waals surface area contributed by atoms with E-state index in [1.165, 1.54) is 18.4 Å². The summed E-state index contributed by atoms with van der Waals surface area (Å²) in [6.07, 6.45) is 6.54. The number of methoxy groups -OCH3 is 1. The average molecular weight is 314 g/mol. The standard InChI is InChI=1S/C17H18N2O2S/c1-21-16(20)13-8-6-12(7-9-13)11-22-17-18-10-14-4-2-3-5-15(14)19-17/h2,4,6-9H,3,5,10-11H2,1H3,(H,18,19). The maximum absolute atomic E-state index is 11.4. The first-order valence-corrected chi connectivity index (χ1v) is 8.25. The Morgan fingerprint density at radius 1 is 1.36 bits per heavy atom. The smallest absolute Gasteiger partial charge is 0.337 e. The summed E-state index contributed by atoms with van der Waals surface area (Å²) in [5, 5.41) is 4.41. The van der Waals surface area contributed by atoms with Gasteiger partial charge in [-0.15, -0.1) is 0 Å². The second-order valence-corrected chi connectivity index (χ2v) is 6.13. The number of aliphatic imine (C=N–C) groups is 1. The van der Waals surface area contributed by atoms with Crippen LogP contribution in [0.1, 0.15) is 28.8 Å². The third-order valence-electron chi connectivity index (χ3n) is 3.67. The van der Waals surface area contributed by atoms with Crippen LogP contribution in [0.4, 0.5) is 0 Å². The largest absolute Gasteiger partial charge is 0.465 e. The molecule has 0 radical (unpaired) electrons. The Kier molecular flexibility index (Phi) is 4.63. The van der Waals surface area contributed by atoms with Crippen LogP contribution >= 0.6 is 11.8 Å². The second-order valence-electron chi connectivity index (χ2n) is 5.17. The molecule has 0 spiro atoms. The predicted octanol–water partition coefficient (Wildman–Crippen LogP) is 3.27. The molecule has 1 heterocycles. The first-order chi connectivity index (χ1) is 10.8. The van der Waals surface area contributed by atoms with Crippen molar-refractivity contribution >= 4 is 22.9 Å². The zero-order chi connectivity index (χ0) is 15.4. The van der Waals surface area contributed by atoms with Crippen molar-refractivity contribution in [1.82, 2.24) is 5.32 Å². The zero-order valence-corrected chi connectivity index (χ0v) is 13.3. The Morgan fingerprint density at radius 3 is 2.95 bits per heavy atom. The van der Waals surface area contributed by atoms with Crippen molar-refractivity contribution in [1.29, 1.82) is 0 Å². The summed E-state index contributed by atoms with van der Waals surface area (Å²) in [7, 11) is 1.39. The van der Waals surface area contributed by atoms with Gasteiger partial charge in [0.15, 0.2) is 5.17 Å². The van der Waals surface area contributed by atoms with E-state index in [9.17, 15) is 4.79 Å². The fraction of sp³-hybridized carbons (Fsp3) is 0.294. The average Bonchev–Trinajstić information content (AvgIpc) is 2.59. The molecule has 114 valence electrons. The third-order valence-corrected chi connectivity index (χ3v) is 4.65. The van der Waals surface area contributed by atoms with E-state index in [2.05, 4.69) is 22.5 Å². The number of nitrogens with zero attached hydrogens (tertiary/aromatic N) is 1. The highest BCUT2D eigenvalue weighted by Crippen LogP contribution is 2.23. The zero-order valence-electron chi connectivity index (χ0n) is 12.5. The SMILES string of the molecule is COC(=O)c1ccc(CSC2=NCC3=C(CCC=C3)N2)cc1. The lowest BCUT2D eigenvalue weighted by Crippen LogP contribution is -2.27. The maximum Gasteiger partial charge on any atom is 0.337 e. The summed E-state index contributed by atoms with van der Waals surface area (Å²) in [4.78, 5) is 16.0. The molecule has 2 aliphatic rings. The number of carbonyl (C=O) groups is 1. The molecule has 0 bridgehead atoms. The first kappa shape index (κ1) is 14.9. The van der Waals surface area contributed by atoms with Crippen molar-refractivity contribution in [2.24, 2.45) is 4.99 Å². The van der Waals surface area contributed by atoms with Gasteiger partial charge in [-0.3, -0.25) is 4.99 Å². The quantitative estimate of drug-likeness (QED) is 0.870. The van der Waals surface area contributed by atoms with Crippen LogP contribution in [0.3, 0.4) is 0 Å². The molecule has 22 heavy (non-hydrogen) atoms. The van der Waals surface area contributed by atoms with E-state index in [0.29, 0.717) is 5.56 Å².